The standard InChI is InChI=1S/C24H29ClF2N8O2S.H2S/c1-14(28)21-22(29)31-23(32-24(21)30-8-9-34(2)10-11-36)15-4-7-19(18(27)12-15)33-37-38-35(3)20-13-16(25)5-6-17(20)26;/h4-7,12-13,28,33,36H,8-11H2,1-3H3,(H3,29,30,31,32);1H2. The van der Waals surface area contributed by atoms with E-state index in [1.807, 2.05) is 11.9 Å². The third-order valence-corrected chi connectivity index (χ3v) is 6.17. The highest BCUT2D eigenvalue weighted by Crippen LogP contribution is 2.30. The van der Waals surface area contributed by atoms with Crippen LogP contribution in [0.15, 0.2) is 36.4 Å². The summed E-state index contributed by atoms with van der Waals surface area (Å²) in [7, 11) is 3.44. The van der Waals surface area contributed by atoms with Crippen molar-refractivity contribution in [2.75, 3.05) is 61.2 Å². The molecule has 3 aromatic rings. The molecule has 2 aromatic carbocycles. The second-order valence-corrected chi connectivity index (χ2v) is 9.58. The van der Waals surface area contributed by atoms with Crippen LogP contribution in [0.25, 0.3) is 11.4 Å². The maximum absolute atomic E-state index is 14.9. The van der Waals surface area contributed by atoms with Crippen molar-refractivity contribution in [3.63, 3.8) is 0 Å². The van der Waals surface area contributed by atoms with Crippen LogP contribution in [0, 0.1) is 17.0 Å². The second-order valence-electron chi connectivity index (χ2n) is 8.28. The molecular formula is C24H31ClF2N8O2S2. The van der Waals surface area contributed by atoms with E-state index in [-0.39, 0.29) is 48.8 Å². The molecule has 0 amide bonds. The fourth-order valence-corrected chi connectivity index (χ4v) is 4.00. The molecule has 212 valence electrons. The van der Waals surface area contributed by atoms with Crippen LogP contribution in [-0.4, -0.2) is 66.0 Å². The first-order valence-electron chi connectivity index (χ1n) is 11.4. The molecule has 1 heterocycles. The van der Waals surface area contributed by atoms with Crippen LogP contribution in [0.4, 0.5) is 31.8 Å². The van der Waals surface area contributed by atoms with Crippen molar-refractivity contribution in [3.05, 3.63) is 58.6 Å². The zero-order valence-corrected chi connectivity index (χ0v) is 24.1. The fourth-order valence-electron chi connectivity index (χ4n) is 3.38. The van der Waals surface area contributed by atoms with E-state index in [9.17, 15) is 8.78 Å². The molecular weight excluding hydrogens is 570 g/mol. The van der Waals surface area contributed by atoms with E-state index in [4.69, 9.17) is 32.1 Å². The number of nitrogens with two attached hydrogens (primary N) is 1. The SMILES string of the molecule is CC(=N)c1c(N)nc(-c2ccc(NOSN(C)c3cc(Cl)ccc3F)c(F)c2)nc1NCCN(C)CCO.S. The number of nitrogen functional groups attached to an aromatic ring is 1. The summed E-state index contributed by atoms with van der Waals surface area (Å²) >= 11 is 6.67. The average molecular weight is 601 g/mol. The van der Waals surface area contributed by atoms with Gasteiger partial charge in [0, 0.05) is 43.0 Å². The van der Waals surface area contributed by atoms with Gasteiger partial charge in [-0.3, -0.25) is 4.31 Å². The van der Waals surface area contributed by atoms with Crippen molar-refractivity contribution < 1.29 is 18.2 Å². The van der Waals surface area contributed by atoms with Crippen LogP contribution < -0.4 is 20.8 Å². The van der Waals surface area contributed by atoms with Crippen molar-refractivity contribution in [3.8, 4) is 11.4 Å². The maximum atomic E-state index is 14.9. The molecule has 0 aliphatic heterocycles. The fraction of sp³-hybridized carbons (Fsp3) is 0.292. The molecule has 0 fully saturated rings. The van der Waals surface area contributed by atoms with Crippen LogP contribution >= 0.6 is 37.3 Å². The Morgan fingerprint density at radius 2 is 1.90 bits per heavy atom. The van der Waals surface area contributed by atoms with Gasteiger partial charge in [0.1, 0.15) is 35.5 Å². The smallest absolute Gasteiger partial charge is 0.163 e. The number of aliphatic hydroxyl groups excluding tert-OH is 1. The third kappa shape index (κ3) is 8.81. The zero-order chi connectivity index (χ0) is 27.8. The van der Waals surface area contributed by atoms with Gasteiger partial charge < -0.3 is 26.5 Å². The van der Waals surface area contributed by atoms with Crippen LogP contribution in [-0.2, 0) is 4.28 Å². The number of likely N-dealkylation sites (N-methyl/N-ethyl adjacent to an activating group) is 1. The first kappa shape index (κ1) is 32.3. The van der Waals surface area contributed by atoms with E-state index >= 15 is 0 Å². The molecule has 0 unspecified atom stereocenters. The molecule has 0 spiro atoms. The number of aliphatic hydroxyl groups is 1. The largest absolute Gasteiger partial charge is 0.395 e. The van der Waals surface area contributed by atoms with Crippen LogP contribution in [0.3, 0.4) is 0 Å². The van der Waals surface area contributed by atoms with Gasteiger partial charge in [0.05, 0.1) is 23.5 Å². The lowest BCUT2D eigenvalue weighted by atomic mass is 10.1. The van der Waals surface area contributed by atoms with E-state index in [1.54, 1.807) is 20.0 Å². The Morgan fingerprint density at radius 1 is 1.15 bits per heavy atom. The van der Waals surface area contributed by atoms with Crippen LogP contribution in [0.1, 0.15) is 12.5 Å². The Balaban J connectivity index is 0.00000533. The van der Waals surface area contributed by atoms with Crippen molar-refractivity contribution in [2.24, 2.45) is 0 Å². The topological polar surface area (TPSA) is 136 Å². The van der Waals surface area contributed by atoms with Crippen molar-refractivity contribution >= 4 is 66.0 Å². The molecule has 0 bridgehead atoms. The first-order chi connectivity index (χ1) is 18.1. The van der Waals surface area contributed by atoms with Gasteiger partial charge in [-0.15, -0.1) is 0 Å². The average Bonchev–Trinajstić information content (AvgIpc) is 2.86. The number of benzene rings is 2. The Kier molecular flexibility index (Phi) is 12.5. The first-order valence-corrected chi connectivity index (χ1v) is 12.5. The number of aromatic nitrogens is 2. The highest BCUT2D eigenvalue weighted by atomic mass is 35.5. The molecule has 6 N–H and O–H groups in total. The number of nitrogens with one attached hydrogen (secondary N) is 3. The van der Waals surface area contributed by atoms with E-state index in [0.29, 0.717) is 41.6 Å². The van der Waals surface area contributed by atoms with Gasteiger partial charge in [0.2, 0.25) is 0 Å². The Morgan fingerprint density at radius 3 is 2.56 bits per heavy atom. The van der Waals surface area contributed by atoms with Crippen LogP contribution in [0.5, 0.6) is 0 Å². The summed E-state index contributed by atoms with van der Waals surface area (Å²) < 4.78 is 35.5. The summed E-state index contributed by atoms with van der Waals surface area (Å²) in [4.78, 5) is 10.7. The lowest BCUT2D eigenvalue weighted by Gasteiger charge is -2.18. The minimum atomic E-state index is -0.644. The molecule has 15 heteroatoms. The molecule has 0 atom stereocenters. The quantitative estimate of drug-likeness (QED) is 0.0823. The highest BCUT2D eigenvalue weighted by molar-refractivity contribution is 7.96. The zero-order valence-electron chi connectivity index (χ0n) is 21.6. The van der Waals surface area contributed by atoms with Gasteiger partial charge in [0.25, 0.3) is 0 Å². The maximum Gasteiger partial charge on any atom is 0.163 e. The van der Waals surface area contributed by atoms with E-state index in [1.165, 1.54) is 34.6 Å². The number of hydrogen-bond donors (Lipinski definition) is 5. The molecule has 3 rings (SSSR count). The minimum Gasteiger partial charge on any atom is -0.395 e. The van der Waals surface area contributed by atoms with Gasteiger partial charge in [-0.1, -0.05) is 11.6 Å². The number of halogens is 3. The van der Waals surface area contributed by atoms with Crippen molar-refractivity contribution in [1.29, 1.82) is 5.41 Å². The van der Waals surface area contributed by atoms with Gasteiger partial charge >= 0.3 is 0 Å². The molecule has 0 aliphatic carbocycles. The van der Waals surface area contributed by atoms with Crippen molar-refractivity contribution in [1.82, 2.24) is 14.9 Å². The second kappa shape index (κ2) is 15.1. The summed E-state index contributed by atoms with van der Waals surface area (Å²) in [5.74, 6) is -0.508. The van der Waals surface area contributed by atoms with Gasteiger partial charge in [-0.2, -0.15) is 17.8 Å². The molecule has 0 aliphatic rings. The number of hydrogen-bond acceptors (Lipinski definition) is 11. The minimum absolute atomic E-state index is 0. The molecule has 1 aromatic heterocycles. The molecule has 0 radical (unpaired) electrons. The van der Waals surface area contributed by atoms with Gasteiger partial charge in [0.15, 0.2) is 5.82 Å². The monoisotopic (exact) mass is 600 g/mol. The van der Waals surface area contributed by atoms with E-state index < -0.39 is 11.6 Å². The predicted molar refractivity (Wildman–Crippen MR) is 160 cm³/mol. The molecule has 10 nitrogen and oxygen atoms in total. The number of rotatable bonds is 13. The Bertz CT molecular complexity index is 1290. The third-order valence-electron chi connectivity index (χ3n) is 5.36. The lowest BCUT2D eigenvalue weighted by molar-refractivity contribution is 0.225. The molecule has 0 saturated heterocycles. The Labute approximate surface area is 242 Å². The predicted octanol–water partition coefficient (Wildman–Crippen LogP) is 4.54. The number of nitrogens with zero attached hydrogens (tertiary/aromatic N) is 4. The molecule has 39 heavy (non-hydrogen) atoms. The van der Waals surface area contributed by atoms with Crippen molar-refractivity contribution in [2.45, 2.75) is 6.92 Å². The summed E-state index contributed by atoms with van der Waals surface area (Å²) in [5.41, 5.74) is 9.75. The van der Waals surface area contributed by atoms with E-state index in [2.05, 4.69) is 20.8 Å². The molecule has 0 saturated carbocycles. The van der Waals surface area contributed by atoms with Crippen LogP contribution in [0.2, 0.25) is 5.02 Å². The summed E-state index contributed by atoms with van der Waals surface area (Å²) in [6.07, 6.45) is 0. The Hall–Kier alpha value is -2.88. The summed E-state index contributed by atoms with van der Waals surface area (Å²) in [6.45, 7) is 3.23. The van der Waals surface area contributed by atoms with Gasteiger partial charge in [-0.25, -0.2) is 24.2 Å². The lowest BCUT2D eigenvalue weighted by Crippen LogP contribution is -2.28. The normalized spacial score (nSPS) is 10.8. The summed E-state index contributed by atoms with van der Waals surface area (Å²) in [5, 5.41) is 20.6. The number of anilines is 4. The van der Waals surface area contributed by atoms with E-state index in [0.717, 1.165) is 12.2 Å². The highest BCUT2D eigenvalue weighted by Gasteiger charge is 2.17. The summed E-state index contributed by atoms with van der Waals surface area (Å²) in [6, 6.07) is 8.37. The van der Waals surface area contributed by atoms with Gasteiger partial charge in [-0.05, 0) is 50.4 Å².